The Bertz CT molecular complexity index is 529. The van der Waals surface area contributed by atoms with Crippen LogP contribution in [0.5, 0.6) is 11.5 Å². The van der Waals surface area contributed by atoms with E-state index in [0.29, 0.717) is 13.2 Å². The first-order chi connectivity index (χ1) is 10.4. The van der Waals surface area contributed by atoms with Crippen molar-refractivity contribution in [3.63, 3.8) is 0 Å². The number of hydrogen-bond acceptors (Lipinski definition) is 4. The van der Waals surface area contributed by atoms with E-state index in [1.165, 1.54) is 0 Å². The van der Waals surface area contributed by atoms with Crippen LogP contribution in [-0.4, -0.2) is 44.9 Å². The molecule has 0 N–H and O–H groups in total. The molecule has 0 amide bonds. The number of nitrogens with zero attached hydrogens (tertiary/aromatic N) is 1. The van der Waals surface area contributed by atoms with Crippen molar-refractivity contribution in [2.45, 2.75) is 32.9 Å². The van der Waals surface area contributed by atoms with E-state index in [1.54, 1.807) is 14.2 Å². The van der Waals surface area contributed by atoms with Gasteiger partial charge in [-0.3, -0.25) is 4.90 Å². The summed E-state index contributed by atoms with van der Waals surface area (Å²) >= 11 is 0. The van der Waals surface area contributed by atoms with Gasteiger partial charge in [-0.25, -0.2) is 0 Å². The van der Waals surface area contributed by atoms with Crippen LogP contribution in [0.1, 0.15) is 26.3 Å². The standard InChI is InChI=1S/C18H27NO3/c1-7-10-18(2,3)19(4)11-12-22-14-15-8-9-16(20-5)17(13-15)21-6/h8-9,13H,11-12,14H2,1-6H3. The van der Waals surface area contributed by atoms with Gasteiger partial charge >= 0.3 is 0 Å². The van der Waals surface area contributed by atoms with Crippen LogP contribution in [0.25, 0.3) is 0 Å². The smallest absolute Gasteiger partial charge is 0.161 e. The van der Waals surface area contributed by atoms with Gasteiger partial charge in [-0.1, -0.05) is 12.0 Å². The highest BCUT2D eigenvalue weighted by Gasteiger charge is 2.19. The van der Waals surface area contributed by atoms with Crippen LogP contribution in [0.15, 0.2) is 18.2 Å². The molecule has 0 aliphatic rings. The van der Waals surface area contributed by atoms with Gasteiger partial charge in [0.15, 0.2) is 11.5 Å². The van der Waals surface area contributed by atoms with E-state index >= 15 is 0 Å². The van der Waals surface area contributed by atoms with Gasteiger partial charge in [-0.15, -0.1) is 5.92 Å². The normalized spacial score (nSPS) is 11.0. The fourth-order valence-electron chi connectivity index (χ4n) is 2.04. The second-order valence-electron chi connectivity index (χ2n) is 5.60. The lowest BCUT2D eigenvalue weighted by atomic mass is 10.0. The number of hydrogen-bond donors (Lipinski definition) is 0. The van der Waals surface area contributed by atoms with Crippen molar-refractivity contribution in [3.05, 3.63) is 23.8 Å². The molecule has 22 heavy (non-hydrogen) atoms. The zero-order valence-corrected chi connectivity index (χ0v) is 14.5. The summed E-state index contributed by atoms with van der Waals surface area (Å²) in [4.78, 5) is 2.19. The summed E-state index contributed by atoms with van der Waals surface area (Å²) in [6, 6.07) is 5.82. The fraction of sp³-hybridized carbons (Fsp3) is 0.556. The average molecular weight is 305 g/mol. The summed E-state index contributed by atoms with van der Waals surface area (Å²) in [6.07, 6.45) is 0. The summed E-state index contributed by atoms with van der Waals surface area (Å²) in [6.45, 7) is 8.11. The maximum atomic E-state index is 5.75. The van der Waals surface area contributed by atoms with Crippen molar-refractivity contribution < 1.29 is 14.2 Å². The van der Waals surface area contributed by atoms with Gasteiger partial charge in [-0.05, 0) is 45.5 Å². The zero-order chi connectivity index (χ0) is 16.6. The third kappa shape index (κ3) is 5.25. The minimum Gasteiger partial charge on any atom is -0.493 e. The molecule has 122 valence electrons. The van der Waals surface area contributed by atoms with Gasteiger partial charge in [0.05, 0.1) is 33.0 Å². The van der Waals surface area contributed by atoms with Crippen LogP contribution >= 0.6 is 0 Å². The highest BCUT2D eigenvalue weighted by atomic mass is 16.5. The number of rotatable bonds is 8. The predicted molar refractivity (Wildman–Crippen MR) is 89.4 cm³/mol. The molecule has 0 unspecified atom stereocenters. The minimum atomic E-state index is -0.137. The molecular weight excluding hydrogens is 278 g/mol. The molecule has 0 aliphatic heterocycles. The van der Waals surface area contributed by atoms with Crippen molar-refractivity contribution in [1.82, 2.24) is 4.90 Å². The molecule has 0 aromatic heterocycles. The average Bonchev–Trinajstić information content (AvgIpc) is 2.50. The van der Waals surface area contributed by atoms with Crippen LogP contribution in [-0.2, 0) is 11.3 Å². The molecule has 0 spiro atoms. The Balaban J connectivity index is 2.46. The van der Waals surface area contributed by atoms with E-state index in [2.05, 4.69) is 37.6 Å². The van der Waals surface area contributed by atoms with Crippen molar-refractivity contribution in [2.24, 2.45) is 0 Å². The molecule has 1 aromatic rings. The molecule has 0 heterocycles. The third-order valence-electron chi connectivity index (χ3n) is 3.67. The Morgan fingerprint density at radius 3 is 2.41 bits per heavy atom. The molecule has 0 aliphatic carbocycles. The van der Waals surface area contributed by atoms with Crippen molar-refractivity contribution in [2.75, 3.05) is 34.4 Å². The first-order valence-corrected chi connectivity index (χ1v) is 7.38. The molecule has 1 aromatic carbocycles. The molecule has 0 saturated heterocycles. The van der Waals surface area contributed by atoms with Gasteiger partial charge in [0, 0.05) is 6.54 Å². The highest BCUT2D eigenvalue weighted by Crippen LogP contribution is 2.27. The molecular formula is C18H27NO3. The first-order valence-electron chi connectivity index (χ1n) is 7.38. The summed E-state index contributed by atoms with van der Waals surface area (Å²) < 4.78 is 16.3. The fourth-order valence-corrected chi connectivity index (χ4v) is 2.04. The van der Waals surface area contributed by atoms with E-state index in [1.807, 2.05) is 25.1 Å². The monoisotopic (exact) mass is 305 g/mol. The summed E-state index contributed by atoms with van der Waals surface area (Å²) in [5, 5.41) is 0. The molecule has 4 heteroatoms. The Morgan fingerprint density at radius 2 is 1.82 bits per heavy atom. The molecule has 0 fully saturated rings. The maximum absolute atomic E-state index is 5.75. The van der Waals surface area contributed by atoms with Gasteiger partial charge in [0.1, 0.15) is 0 Å². The van der Waals surface area contributed by atoms with Crippen LogP contribution in [0.4, 0.5) is 0 Å². The first kappa shape index (κ1) is 18.3. The Hall–Kier alpha value is -1.70. The molecule has 0 bridgehead atoms. The van der Waals surface area contributed by atoms with E-state index in [-0.39, 0.29) is 5.54 Å². The highest BCUT2D eigenvalue weighted by molar-refractivity contribution is 5.42. The van der Waals surface area contributed by atoms with Gasteiger partial charge in [-0.2, -0.15) is 0 Å². The van der Waals surface area contributed by atoms with E-state index < -0.39 is 0 Å². The maximum Gasteiger partial charge on any atom is 0.161 e. The van der Waals surface area contributed by atoms with Crippen LogP contribution in [0.3, 0.4) is 0 Å². The Morgan fingerprint density at radius 1 is 1.14 bits per heavy atom. The SMILES string of the molecule is CC#CC(C)(C)N(C)CCOCc1ccc(OC)c(OC)c1. The van der Waals surface area contributed by atoms with Gasteiger partial charge < -0.3 is 14.2 Å². The zero-order valence-electron chi connectivity index (χ0n) is 14.5. The molecule has 0 atom stereocenters. The second-order valence-corrected chi connectivity index (χ2v) is 5.60. The topological polar surface area (TPSA) is 30.9 Å². The molecule has 4 nitrogen and oxygen atoms in total. The third-order valence-corrected chi connectivity index (χ3v) is 3.67. The quantitative estimate of drug-likeness (QED) is 0.546. The lowest BCUT2D eigenvalue weighted by Crippen LogP contribution is -2.41. The number of benzene rings is 1. The largest absolute Gasteiger partial charge is 0.493 e. The Kier molecular flexibility index (Phi) is 7.23. The van der Waals surface area contributed by atoms with Crippen LogP contribution in [0, 0.1) is 11.8 Å². The van der Waals surface area contributed by atoms with Crippen molar-refractivity contribution >= 4 is 0 Å². The van der Waals surface area contributed by atoms with Gasteiger partial charge in [0.25, 0.3) is 0 Å². The summed E-state index contributed by atoms with van der Waals surface area (Å²) in [5.41, 5.74) is 0.925. The van der Waals surface area contributed by atoms with Crippen LogP contribution < -0.4 is 9.47 Å². The number of likely N-dealkylation sites (N-methyl/N-ethyl adjacent to an activating group) is 1. The lowest BCUT2D eigenvalue weighted by Gasteiger charge is -2.30. The minimum absolute atomic E-state index is 0.137. The van der Waals surface area contributed by atoms with E-state index in [0.717, 1.165) is 23.6 Å². The summed E-state index contributed by atoms with van der Waals surface area (Å²) in [5.74, 6) is 7.62. The Labute approximate surface area is 134 Å². The van der Waals surface area contributed by atoms with Gasteiger partial charge in [0.2, 0.25) is 0 Å². The van der Waals surface area contributed by atoms with Crippen LogP contribution in [0.2, 0.25) is 0 Å². The molecule has 0 radical (unpaired) electrons. The molecule has 0 saturated carbocycles. The lowest BCUT2D eigenvalue weighted by molar-refractivity contribution is 0.0814. The van der Waals surface area contributed by atoms with E-state index in [9.17, 15) is 0 Å². The second kappa shape index (κ2) is 8.67. The van der Waals surface area contributed by atoms with Crippen molar-refractivity contribution in [3.8, 4) is 23.3 Å². The number of ether oxygens (including phenoxy) is 3. The van der Waals surface area contributed by atoms with E-state index in [4.69, 9.17) is 14.2 Å². The number of methoxy groups -OCH3 is 2. The van der Waals surface area contributed by atoms with Crippen molar-refractivity contribution in [1.29, 1.82) is 0 Å². The summed E-state index contributed by atoms with van der Waals surface area (Å²) in [7, 11) is 5.32. The predicted octanol–water partition coefficient (Wildman–Crippen LogP) is 2.95. The molecule has 1 rings (SSSR count).